The van der Waals surface area contributed by atoms with Crippen LogP contribution in [0.5, 0.6) is 0 Å². The third-order valence-electron chi connectivity index (χ3n) is 5.91. The lowest BCUT2D eigenvalue weighted by Crippen LogP contribution is -2.45. The molecule has 2 fully saturated rings. The van der Waals surface area contributed by atoms with E-state index in [1.165, 1.54) is 12.1 Å². The molecule has 2 aromatic carbocycles. The minimum atomic E-state index is -0.586. The predicted octanol–water partition coefficient (Wildman–Crippen LogP) is 4.13. The smallest absolute Gasteiger partial charge is 0.251 e. The zero-order valence-corrected chi connectivity index (χ0v) is 16.8. The van der Waals surface area contributed by atoms with Crippen molar-refractivity contribution in [1.82, 2.24) is 9.88 Å². The van der Waals surface area contributed by atoms with Crippen molar-refractivity contribution in [2.45, 2.75) is 31.2 Å². The van der Waals surface area contributed by atoms with Crippen LogP contribution in [0.25, 0.3) is 11.1 Å². The van der Waals surface area contributed by atoms with Crippen molar-refractivity contribution in [1.29, 1.82) is 0 Å². The van der Waals surface area contributed by atoms with E-state index in [0.717, 1.165) is 40.8 Å². The van der Waals surface area contributed by atoms with Crippen LogP contribution >= 0.6 is 11.6 Å². The van der Waals surface area contributed by atoms with Gasteiger partial charge in [-0.05, 0) is 56.3 Å². The lowest BCUT2D eigenvalue weighted by atomic mass is 9.95. The Bertz CT molecular complexity index is 1110. The number of hydrogen-bond donors (Lipinski definition) is 0. The molecular weight excluding hydrogens is 409 g/mol. The lowest BCUT2D eigenvalue weighted by molar-refractivity contribution is -0.123. The zero-order valence-electron chi connectivity index (χ0n) is 16.1. The number of aromatic nitrogens is 1. The van der Waals surface area contributed by atoms with Crippen molar-refractivity contribution in [2.75, 3.05) is 18.0 Å². The lowest BCUT2D eigenvalue weighted by Gasteiger charge is -2.33. The third kappa shape index (κ3) is 3.28. The van der Waals surface area contributed by atoms with Crippen LogP contribution in [0.4, 0.5) is 10.1 Å². The van der Waals surface area contributed by atoms with Gasteiger partial charge in [0.05, 0.1) is 23.2 Å². The van der Waals surface area contributed by atoms with Gasteiger partial charge in [0, 0.05) is 5.92 Å². The number of rotatable bonds is 3. The normalized spacial score (nSPS) is 21.1. The van der Waals surface area contributed by atoms with Gasteiger partial charge >= 0.3 is 0 Å². The van der Waals surface area contributed by atoms with E-state index in [1.54, 1.807) is 0 Å². The summed E-state index contributed by atoms with van der Waals surface area (Å²) in [5.41, 5.74) is 1.93. The Kier molecular flexibility index (Phi) is 4.79. The van der Waals surface area contributed by atoms with Crippen molar-refractivity contribution in [3.05, 3.63) is 59.2 Å². The van der Waals surface area contributed by atoms with Gasteiger partial charge in [0.15, 0.2) is 11.5 Å². The van der Waals surface area contributed by atoms with Gasteiger partial charge in [0.25, 0.3) is 5.91 Å². The predicted molar refractivity (Wildman–Crippen MR) is 110 cm³/mol. The van der Waals surface area contributed by atoms with Gasteiger partial charge < -0.3 is 4.42 Å². The number of fused-ring (bicyclic) bond motifs is 1. The fraction of sp³-hybridized carbons (Fsp3) is 0.318. The first-order valence-electron chi connectivity index (χ1n) is 9.92. The van der Waals surface area contributed by atoms with Gasteiger partial charge in [-0.2, -0.15) is 0 Å². The van der Waals surface area contributed by atoms with E-state index in [4.69, 9.17) is 16.0 Å². The molecule has 0 bridgehead atoms. The molecule has 2 amide bonds. The van der Waals surface area contributed by atoms with Crippen LogP contribution in [0.3, 0.4) is 0 Å². The summed E-state index contributed by atoms with van der Waals surface area (Å²) in [4.78, 5) is 33.3. The highest BCUT2D eigenvalue weighted by Crippen LogP contribution is 2.34. The van der Waals surface area contributed by atoms with Crippen LogP contribution in [0.15, 0.2) is 46.9 Å². The molecular formula is C22H19ClFN3O3. The Morgan fingerprint density at radius 2 is 1.87 bits per heavy atom. The maximum atomic E-state index is 13.5. The highest BCUT2D eigenvalue weighted by molar-refractivity contribution is 6.31. The van der Waals surface area contributed by atoms with E-state index in [1.807, 2.05) is 29.2 Å². The minimum absolute atomic E-state index is 0.112. The van der Waals surface area contributed by atoms with Gasteiger partial charge in [-0.15, -0.1) is 0 Å². The first kappa shape index (κ1) is 19.2. The van der Waals surface area contributed by atoms with E-state index in [0.29, 0.717) is 18.8 Å². The van der Waals surface area contributed by atoms with Crippen molar-refractivity contribution in [3.63, 3.8) is 0 Å². The van der Waals surface area contributed by atoms with Crippen LogP contribution in [0.2, 0.25) is 5.02 Å². The maximum absolute atomic E-state index is 13.5. The second-order valence-corrected chi connectivity index (χ2v) is 8.12. The van der Waals surface area contributed by atoms with Crippen molar-refractivity contribution in [2.24, 2.45) is 0 Å². The fourth-order valence-electron chi connectivity index (χ4n) is 4.32. The monoisotopic (exact) mass is 427 g/mol. The first-order valence-corrected chi connectivity index (χ1v) is 10.3. The van der Waals surface area contributed by atoms with Crippen molar-refractivity contribution in [3.8, 4) is 0 Å². The number of nitrogens with zero attached hydrogens (tertiary/aromatic N) is 3. The molecule has 1 aromatic heterocycles. The molecule has 0 radical (unpaired) electrons. The number of carbonyl (C=O) groups excluding carboxylic acids is 2. The molecule has 2 aliphatic heterocycles. The molecule has 8 heteroatoms. The molecule has 0 spiro atoms. The number of carbonyl (C=O) groups is 2. The van der Waals surface area contributed by atoms with E-state index in [9.17, 15) is 14.0 Å². The first-order chi connectivity index (χ1) is 14.5. The summed E-state index contributed by atoms with van der Waals surface area (Å²) < 4.78 is 19.4. The standard InChI is InChI=1S/C22H19ClFN3O3/c23-15-11-14(5-6-16(15)24)27-20(28)12-18(22(27)29)26-9-7-13(8-10-26)21-25-17-3-1-2-4-19(17)30-21/h1-6,11,13,18H,7-10,12H2/t18-/m0/s1. The summed E-state index contributed by atoms with van der Waals surface area (Å²) in [6, 6.07) is 11.1. The summed E-state index contributed by atoms with van der Waals surface area (Å²) in [6.07, 6.45) is 1.71. The van der Waals surface area contributed by atoms with Gasteiger partial charge in [0.1, 0.15) is 11.3 Å². The van der Waals surface area contributed by atoms with Gasteiger partial charge in [-0.3, -0.25) is 14.5 Å². The Hall–Kier alpha value is -2.77. The number of likely N-dealkylation sites (tertiary alicyclic amines) is 1. The summed E-state index contributed by atoms with van der Waals surface area (Å²) in [5.74, 6) is -0.255. The molecule has 30 heavy (non-hydrogen) atoms. The second kappa shape index (κ2) is 7.49. The van der Waals surface area contributed by atoms with Crippen molar-refractivity contribution >= 4 is 40.2 Å². The SMILES string of the molecule is O=C1C[C@H](N2CCC(c3nc4ccccc4o3)CC2)C(=O)N1c1ccc(F)c(Cl)c1. The molecule has 3 aromatic rings. The number of piperidine rings is 1. The fourth-order valence-corrected chi connectivity index (χ4v) is 4.49. The molecule has 2 saturated heterocycles. The van der Waals surface area contributed by atoms with Crippen LogP contribution in [0.1, 0.15) is 31.1 Å². The quantitative estimate of drug-likeness (QED) is 0.588. The van der Waals surface area contributed by atoms with Crippen LogP contribution < -0.4 is 4.90 Å². The number of anilines is 1. The molecule has 154 valence electrons. The Morgan fingerprint density at radius 3 is 2.60 bits per heavy atom. The van der Waals surface area contributed by atoms with E-state index >= 15 is 0 Å². The summed E-state index contributed by atoms with van der Waals surface area (Å²) in [7, 11) is 0. The van der Waals surface area contributed by atoms with Gasteiger partial charge in [-0.1, -0.05) is 23.7 Å². The molecule has 6 nitrogen and oxygen atoms in total. The van der Waals surface area contributed by atoms with E-state index in [-0.39, 0.29) is 29.2 Å². The average molecular weight is 428 g/mol. The molecule has 0 N–H and O–H groups in total. The third-order valence-corrected chi connectivity index (χ3v) is 6.20. The number of imide groups is 1. The zero-order chi connectivity index (χ0) is 20.8. The Morgan fingerprint density at radius 1 is 1.10 bits per heavy atom. The van der Waals surface area contributed by atoms with Crippen molar-refractivity contribution < 1.29 is 18.4 Å². The molecule has 2 aliphatic rings. The molecule has 5 rings (SSSR count). The Balaban J connectivity index is 1.28. The second-order valence-electron chi connectivity index (χ2n) is 7.72. The summed E-state index contributed by atoms with van der Waals surface area (Å²) in [5, 5.41) is -0.115. The highest BCUT2D eigenvalue weighted by Gasteiger charge is 2.44. The number of amides is 2. The number of oxazole rings is 1. The van der Waals surface area contributed by atoms with Crippen LogP contribution in [-0.2, 0) is 9.59 Å². The summed E-state index contributed by atoms with van der Waals surface area (Å²) in [6.45, 7) is 1.34. The highest BCUT2D eigenvalue weighted by atomic mass is 35.5. The van der Waals surface area contributed by atoms with Crippen LogP contribution in [-0.4, -0.2) is 40.8 Å². The van der Waals surface area contributed by atoms with Crippen LogP contribution in [0, 0.1) is 5.82 Å². The maximum Gasteiger partial charge on any atom is 0.251 e. The van der Waals surface area contributed by atoms with E-state index in [2.05, 4.69) is 4.98 Å². The number of benzene rings is 2. The average Bonchev–Trinajstić information content (AvgIpc) is 3.31. The molecule has 0 saturated carbocycles. The van der Waals surface area contributed by atoms with Gasteiger partial charge in [0.2, 0.25) is 5.91 Å². The molecule has 0 unspecified atom stereocenters. The molecule has 1 atom stereocenters. The number of halogens is 2. The molecule has 3 heterocycles. The molecule has 0 aliphatic carbocycles. The number of hydrogen-bond acceptors (Lipinski definition) is 5. The largest absolute Gasteiger partial charge is 0.440 e. The van der Waals surface area contributed by atoms with E-state index < -0.39 is 11.9 Å². The summed E-state index contributed by atoms with van der Waals surface area (Å²) >= 11 is 5.83. The number of para-hydroxylation sites is 2. The Labute approximate surface area is 177 Å². The minimum Gasteiger partial charge on any atom is -0.440 e. The van der Waals surface area contributed by atoms with Gasteiger partial charge in [-0.25, -0.2) is 14.3 Å². The topological polar surface area (TPSA) is 66.7 Å².